The Morgan fingerprint density at radius 2 is 1.88 bits per heavy atom. The number of carbonyl (C=O) groups is 1. The second kappa shape index (κ2) is 8.04. The van der Waals surface area contributed by atoms with Crippen molar-refractivity contribution in [2.24, 2.45) is 0 Å². The zero-order valence-corrected chi connectivity index (χ0v) is 18.0. The van der Waals surface area contributed by atoms with E-state index in [2.05, 4.69) is 36.2 Å². The first-order valence-corrected chi connectivity index (χ1v) is 10.8. The highest BCUT2D eigenvalue weighted by atomic mass is 16.5. The Hall–Kier alpha value is -4.66. The molecule has 0 fully saturated rings. The van der Waals surface area contributed by atoms with Crippen LogP contribution < -0.4 is 15.0 Å². The molecule has 0 atom stereocenters. The molecule has 0 saturated carbocycles. The molecule has 9 nitrogen and oxygen atoms in total. The first kappa shape index (κ1) is 20.0. The van der Waals surface area contributed by atoms with Crippen LogP contribution >= 0.6 is 0 Å². The summed E-state index contributed by atoms with van der Waals surface area (Å²) in [7, 11) is 0. The molecule has 34 heavy (non-hydrogen) atoms. The monoisotopic (exact) mass is 452 g/mol. The lowest BCUT2D eigenvalue weighted by Gasteiger charge is -2.22. The number of imidazole rings is 1. The van der Waals surface area contributed by atoms with Crippen molar-refractivity contribution in [2.75, 3.05) is 23.4 Å². The molecule has 0 unspecified atom stereocenters. The summed E-state index contributed by atoms with van der Waals surface area (Å²) < 4.78 is 6.05. The van der Waals surface area contributed by atoms with Crippen LogP contribution in [0.25, 0.3) is 33.1 Å². The topological polar surface area (TPSA) is 116 Å². The van der Waals surface area contributed by atoms with Gasteiger partial charge in [-0.25, -0.2) is 19.7 Å². The van der Waals surface area contributed by atoms with Gasteiger partial charge in [0.25, 0.3) is 0 Å². The molecule has 6 rings (SSSR count). The summed E-state index contributed by atoms with van der Waals surface area (Å²) in [4.78, 5) is 29.4. The number of hydrogen-bond acceptors (Lipinski definition) is 6. The Morgan fingerprint density at radius 3 is 2.79 bits per heavy atom. The Bertz CT molecular complexity index is 1540. The van der Waals surface area contributed by atoms with Gasteiger partial charge >= 0.3 is 6.09 Å². The summed E-state index contributed by atoms with van der Waals surface area (Å²) in [5.74, 6) is 1.95. The molecule has 0 radical (unpaired) electrons. The normalized spacial score (nSPS) is 13.4. The van der Waals surface area contributed by atoms with E-state index in [1.54, 1.807) is 6.33 Å². The Balaban J connectivity index is 1.35. The molecule has 1 aliphatic heterocycles. The third-order valence-electron chi connectivity index (χ3n) is 5.90. The van der Waals surface area contributed by atoms with Gasteiger partial charge in [0, 0.05) is 17.5 Å². The fourth-order valence-electron chi connectivity index (χ4n) is 4.35. The van der Waals surface area contributed by atoms with Crippen LogP contribution in [0, 0.1) is 0 Å². The molecule has 0 saturated heterocycles. The molecule has 5 aromatic rings. The molecule has 168 valence electrons. The largest absolute Gasteiger partial charge is 0.491 e. The van der Waals surface area contributed by atoms with E-state index in [9.17, 15) is 4.79 Å². The molecule has 2 aromatic heterocycles. The quantitative estimate of drug-likeness (QED) is 0.364. The second-order valence-corrected chi connectivity index (χ2v) is 8.05. The van der Waals surface area contributed by atoms with E-state index in [4.69, 9.17) is 9.84 Å². The number of aromatic nitrogens is 4. The van der Waals surface area contributed by atoms with Crippen molar-refractivity contribution in [1.82, 2.24) is 19.9 Å². The van der Waals surface area contributed by atoms with Crippen LogP contribution in [0.5, 0.6) is 5.75 Å². The fraction of sp³-hybridized carbons (Fsp3) is 0.120. The van der Waals surface area contributed by atoms with E-state index >= 15 is 0 Å². The van der Waals surface area contributed by atoms with Gasteiger partial charge in [0.05, 0.1) is 23.1 Å². The molecule has 3 heterocycles. The highest BCUT2D eigenvalue weighted by molar-refractivity contribution is 5.89. The van der Waals surface area contributed by atoms with Crippen LogP contribution in [0.4, 0.5) is 16.6 Å². The lowest BCUT2D eigenvalue weighted by atomic mass is 10.0. The van der Waals surface area contributed by atoms with Crippen molar-refractivity contribution in [3.8, 4) is 16.9 Å². The minimum atomic E-state index is -1.16. The molecule has 0 aliphatic carbocycles. The summed E-state index contributed by atoms with van der Waals surface area (Å²) in [6, 6.07) is 20.0. The number of nitrogens with zero attached hydrogens (tertiary/aromatic N) is 4. The SMILES string of the molecule is O=C(O)Nc1nc2ccc(-c3ccc4c(c3)CN(c3ncnc5ccccc35)CCO4)cc2[nH]1. The van der Waals surface area contributed by atoms with Gasteiger partial charge in [0.1, 0.15) is 24.5 Å². The van der Waals surface area contributed by atoms with Gasteiger partial charge in [-0.2, -0.15) is 0 Å². The number of rotatable bonds is 3. The first-order valence-electron chi connectivity index (χ1n) is 10.8. The zero-order valence-electron chi connectivity index (χ0n) is 18.0. The first-order chi connectivity index (χ1) is 16.6. The van der Waals surface area contributed by atoms with Crippen molar-refractivity contribution in [3.63, 3.8) is 0 Å². The lowest BCUT2D eigenvalue weighted by molar-refractivity contribution is 0.209. The number of nitrogens with one attached hydrogen (secondary N) is 2. The number of carboxylic acid groups (broad SMARTS) is 1. The van der Waals surface area contributed by atoms with Crippen LogP contribution in [-0.2, 0) is 6.54 Å². The average Bonchev–Trinajstić information content (AvgIpc) is 3.11. The standard InChI is InChI=1S/C25H20N6O3/c32-25(33)30-24-28-20-7-5-16(12-21(20)29-24)15-6-8-22-17(11-15)13-31(9-10-34-22)23-18-3-1-2-4-19(18)26-14-27-23/h1-8,11-12,14H,9-10,13H2,(H,32,33)(H2,28,29,30). The van der Waals surface area contributed by atoms with E-state index in [0.717, 1.165) is 44.7 Å². The van der Waals surface area contributed by atoms with E-state index < -0.39 is 6.09 Å². The van der Waals surface area contributed by atoms with Crippen molar-refractivity contribution in [1.29, 1.82) is 0 Å². The maximum Gasteiger partial charge on any atom is 0.411 e. The van der Waals surface area contributed by atoms with Gasteiger partial charge in [-0.15, -0.1) is 0 Å². The predicted octanol–water partition coefficient (Wildman–Crippen LogP) is 4.66. The minimum absolute atomic E-state index is 0.197. The molecule has 1 aliphatic rings. The Morgan fingerprint density at radius 1 is 1.03 bits per heavy atom. The van der Waals surface area contributed by atoms with Gasteiger partial charge in [0.15, 0.2) is 0 Å². The van der Waals surface area contributed by atoms with Crippen LogP contribution in [0.3, 0.4) is 0 Å². The number of anilines is 2. The lowest BCUT2D eigenvalue weighted by Crippen LogP contribution is -2.26. The molecule has 9 heteroatoms. The molecule has 1 amide bonds. The smallest absolute Gasteiger partial charge is 0.411 e. The molecule has 3 aromatic carbocycles. The fourth-order valence-corrected chi connectivity index (χ4v) is 4.35. The second-order valence-electron chi connectivity index (χ2n) is 8.05. The van der Waals surface area contributed by atoms with Gasteiger partial charge in [-0.3, -0.25) is 5.32 Å². The number of aromatic amines is 1. The van der Waals surface area contributed by atoms with Crippen LogP contribution in [0.1, 0.15) is 5.56 Å². The molecule has 3 N–H and O–H groups in total. The summed E-state index contributed by atoms with van der Waals surface area (Å²) in [5, 5.41) is 12.2. The highest BCUT2D eigenvalue weighted by Gasteiger charge is 2.19. The molecule has 0 spiro atoms. The van der Waals surface area contributed by atoms with Gasteiger partial charge in [-0.05, 0) is 47.5 Å². The number of ether oxygens (including phenoxy) is 1. The van der Waals surface area contributed by atoms with E-state index in [1.807, 2.05) is 54.6 Å². The Kier molecular flexibility index (Phi) is 4.72. The van der Waals surface area contributed by atoms with Crippen molar-refractivity contribution < 1.29 is 14.6 Å². The van der Waals surface area contributed by atoms with Gasteiger partial charge in [0.2, 0.25) is 5.95 Å². The van der Waals surface area contributed by atoms with Crippen LogP contribution in [0.2, 0.25) is 0 Å². The maximum absolute atomic E-state index is 10.9. The van der Waals surface area contributed by atoms with Gasteiger partial charge in [-0.1, -0.05) is 24.3 Å². The number of fused-ring (bicyclic) bond motifs is 3. The molecular weight excluding hydrogens is 432 g/mol. The van der Waals surface area contributed by atoms with Crippen molar-refractivity contribution in [3.05, 3.63) is 72.6 Å². The third-order valence-corrected chi connectivity index (χ3v) is 5.90. The van der Waals surface area contributed by atoms with Crippen molar-refractivity contribution in [2.45, 2.75) is 6.54 Å². The van der Waals surface area contributed by atoms with Crippen LogP contribution in [-0.4, -0.2) is 44.3 Å². The third kappa shape index (κ3) is 3.62. The summed E-state index contributed by atoms with van der Waals surface area (Å²) in [5.41, 5.74) is 5.44. The van der Waals surface area contributed by atoms with E-state index in [-0.39, 0.29) is 5.95 Å². The maximum atomic E-state index is 10.9. The molecule has 0 bridgehead atoms. The zero-order chi connectivity index (χ0) is 23.1. The average molecular weight is 452 g/mol. The number of benzene rings is 3. The number of H-pyrrole nitrogens is 1. The predicted molar refractivity (Wildman–Crippen MR) is 129 cm³/mol. The molecular formula is C25H20N6O3. The summed E-state index contributed by atoms with van der Waals surface area (Å²) in [6.45, 7) is 1.93. The minimum Gasteiger partial charge on any atom is -0.491 e. The van der Waals surface area contributed by atoms with Gasteiger partial charge < -0.3 is 19.7 Å². The van der Waals surface area contributed by atoms with Crippen LogP contribution in [0.15, 0.2) is 67.0 Å². The van der Waals surface area contributed by atoms with E-state index in [0.29, 0.717) is 25.2 Å². The Labute approximate surface area is 194 Å². The summed E-state index contributed by atoms with van der Waals surface area (Å²) >= 11 is 0. The highest BCUT2D eigenvalue weighted by Crippen LogP contribution is 2.33. The summed E-state index contributed by atoms with van der Waals surface area (Å²) in [6.07, 6.45) is 0.444. The van der Waals surface area contributed by atoms with E-state index in [1.165, 1.54) is 0 Å². The number of hydrogen-bond donors (Lipinski definition) is 3. The van der Waals surface area contributed by atoms with Crippen molar-refractivity contribution >= 4 is 39.8 Å². The number of amides is 1. The number of para-hydroxylation sites is 1.